The van der Waals surface area contributed by atoms with Crippen LogP contribution in [0.4, 0.5) is 0 Å². The molecule has 1 aliphatic rings. The molecule has 0 atom stereocenters. The van der Waals surface area contributed by atoms with Gasteiger partial charge in [0, 0.05) is 39.2 Å². The van der Waals surface area contributed by atoms with E-state index in [2.05, 4.69) is 36.3 Å². The predicted molar refractivity (Wildman–Crippen MR) is 192 cm³/mol. The van der Waals surface area contributed by atoms with Crippen LogP contribution in [-0.2, 0) is 20.7 Å². The minimum absolute atomic E-state index is 0.0269. The normalized spacial score (nSPS) is 13.2. The fourth-order valence-corrected chi connectivity index (χ4v) is 5.95. The lowest BCUT2D eigenvalue weighted by Gasteiger charge is -2.18. The van der Waals surface area contributed by atoms with Crippen LogP contribution in [0.2, 0.25) is 0 Å². The highest BCUT2D eigenvalue weighted by Gasteiger charge is 2.20. The van der Waals surface area contributed by atoms with Crippen molar-refractivity contribution in [1.29, 1.82) is 0 Å². The molecular formula is C40H47N3O7. The maximum Gasteiger partial charge on any atom is 0.254 e. The van der Waals surface area contributed by atoms with E-state index < -0.39 is 0 Å². The first-order valence-corrected chi connectivity index (χ1v) is 17.4. The van der Waals surface area contributed by atoms with Crippen LogP contribution >= 0.6 is 0 Å². The number of ether oxygens (including phenoxy) is 3. The number of nitrogens with zero attached hydrogens (tertiary/aromatic N) is 3. The number of allylic oxidation sites excluding steroid dienone is 1. The quantitative estimate of drug-likeness (QED) is 0.0920. The van der Waals surface area contributed by atoms with Crippen LogP contribution in [-0.4, -0.2) is 85.0 Å². The second-order valence-corrected chi connectivity index (χ2v) is 12.3. The van der Waals surface area contributed by atoms with Crippen molar-refractivity contribution in [1.82, 2.24) is 15.0 Å². The first-order valence-electron chi connectivity index (χ1n) is 17.4. The van der Waals surface area contributed by atoms with Gasteiger partial charge in [-0.25, -0.2) is 0 Å². The van der Waals surface area contributed by atoms with E-state index in [1.54, 1.807) is 30.1 Å². The van der Waals surface area contributed by atoms with Gasteiger partial charge in [-0.2, -0.15) is 0 Å². The fourth-order valence-electron chi connectivity index (χ4n) is 5.95. The molecule has 0 unspecified atom stereocenters. The molecule has 3 aromatic carbocycles. The lowest BCUT2D eigenvalue weighted by molar-refractivity contribution is -0.131. The van der Waals surface area contributed by atoms with Crippen LogP contribution in [0.15, 0.2) is 89.5 Å². The van der Waals surface area contributed by atoms with E-state index >= 15 is 0 Å². The van der Waals surface area contributed by atoms with Crippen LogP contribution < -0.4 is 9.47 Å². The lowest BCUT2D eigenvalue weighted by Crippen LogP contribution is -2.30. The molecule has 0 radical (unpaired) electrons. The zero-order chi connectivity index (χ0) is 35.1. The number of benzene rings is 3. The number of carbonyl (C=O) groups excluding carboxylic acids is 2. The molecule has 5 rings (SSSR count). The van der Waals surface area contributed by atoms with Crippen LogP contribution in [0, 0.1) is 0 Å². The van der Waals surface area contributed by atoms with E-state index in [0.29, 0.717) is 57.5 Å². The van der Waals surface area contributed by atoms with Gasteiger partial charge in [0.25, 0.3) is 5.88 Å². The zero-order valence-corrected chi connectivity index (χ0v) is 29.0. The second kappa shape index (κ2) is 18.6. The van der Waals surface area contributed by atoms with Crippen LogP contribution in [0.25, 0.3) is 11.1 Å². The van der Waals surface area contributed by atoms with Gasteiger partial charge in [-0.1, -0.05) is 61.5 Å². The fraction of sp³-hybridized carbons (Fsp3) is 0.375. The van der Waals surface area contributed by atoms with Gasteiger partial charge in [0.2, 0.25) is 11.8 Å². The summed E-state index contributed by atoms with van der Waals surface area (Å²) in [6.45, 7) is 5.67. The van der Waals surface area contributed by atoms with Crippen LogP contribution in [0.5, 0.6) is 17.4 Å². The van der Waals surface area contributed by atoms with E-state index in [0.717, 1.165) is 60.4 Å². The summed E-state index contributed by atoms with van der Waals surface area (Å²) >= 11 is 0. The van der Waals surface area contributed by atoms with Gasteiger partial charge in [0.05, 0.1) is 19.6 Å². The predicted octanol–water partition coefficient (Wildman–Crippen LogP) is 6.63. The highest BCUT2D eigenvalue weighted by Crippen LogP contribution is 2.35. The Balaban J connectivity index is 1.00. The molecule has 50 heavy (non-hydrogen) atoms. The smallest absolute Gasteiger partial charge is 0.254 e. The van der Waals surface area contributed by atoms with Gasteiger partial charge in [0.15, 0.2) is 0 Å². The minimum Gasteiger partial charge on any atom is -0.508 e. The van der Waals surface area contributed by atoms with Crippen molar-refractivity contribution in [3.8, 4) is 17.4 Å². The molecule has 2 amide bonds. The van der Waals surface area contributed by atoms with E-state index in [-0.39, 0.29) is 24.0 Å². The van der Waals surface area contributed by atoms with Crippen LogP contribution in [0.3, 0.4) is 0 Å². The summed E-state index contributed by atoms with van der Waals surface area (Å²) in [5, 5.41) is 13.8. The molecule has 1 N–H and O–H groups in total. The first-order chi connectivity index (χ1) is 24.4. The van der Waals surface area contributed by atoms with Gasteiger partial charge in [-0.3, -0.25) is 9.59 Å². The van der Waals surface area contributed by atoms with Crippen LogP contribution in [0.1, 0.15) is 61.5 Å². The minimum atomic E-state index is 0.0269. The van der Waals surface area contributed by atoms with Crippen molar-refractivity contribution in [2.45, 2.75) is 45.4 Å². The highest BCUT2D eigenvalue weighted by atomic mass is 16.6. The number of likely N-dealkylation sites (tertiary alicyclic amines) is 1. The second-order valence-electron chi connectivity index (χ2n) is 12.3. The topological polar surface area (TPSA) is 115 Å². The number of likely N-dealkylation sites (N-methyl/N-ethyl adjacent to an activating group) is 1. The van der Waals surface area contributed by atoms with Crippen molar-refractivity contribution in [3.05, 3.63) is 107 Å². The van der Waals surface area contributed by atoms with Crippen molar-refractivity contribution < 1.29 is 33.4 Å². The van der Waals surface area contributed by atoms with Crippen molar-refractivity contribution in [2.75, 3.05) is 53.1 Å². The highest BCUT2D eigenvalue weighted by molar-refractivity contribution is 5.98. The van der Waals surface area contributed by atoms with Crippen molar-refractivity contribution in [3.63, 3.8) is 0 Å². The third-order valence-corrected chi connectivity index (χ3v) is 8.68. The van der Waals surface area contributed by atoms with E-state index in [1.807, 2.05) is 47.4 Å². The maximum atomic E-state index is 12.6. The summed E-state index contributed by atoms with van der Waals surface area (Å²) in [4.78, 5) is 28.4. The Morgan fingerprint density at radius 1 is 0.860 bits per heavy atom. The van der Waals surface area contributed by atoms with Crippen molar-refractivity contribution >= 4 is 23.0 Å². The Morgan fingerprint density at radius 2 is 1.56 bits per heavy atom. The summed E-state index contributed by atoms with van der Waals surface area (Å²) in [6, 6.07) is 27.3. The molecule has 1 aromatic heterocycles. The summed E-state index contributed by atoms with van der Waals surface area (Å²) in [5.74, 6) is 1.85. The molecule has 0 bridgehead atoms. The van der Waals surface area contributed by atoms with Gasteiger partial charge in [-0.05, 0) is 82.9 Å². The Morgan fingerprint density at radius 3 is 2.26 bits per heavy atom. The molecule has 0 aliphatic carbocycles. The van der Waals surface area contributed by atoms with Gasteiger partial charge >= 0.3 is 0 Å². The number of aromatic nitrogens is 1. The molecule has 0 saturated carbocycles. The molecule has 0 spiro atoms. The van der Waals surface area contributed by atoms with Gasteiger partial charge in [0.1, 0.15) is 30.5 Å². The number of carbonyl (C=O) groups is 2. The molecule has 2 heterocycles. The molecule has 10 heteroatoms. The van der Waals surface area contributed by atoms with Crippen molar-refractivity contribution in [2.24, 2.45) is 0 Å². The Kier molecular flexibility index (Phi) is 13.5. The Bertz CT molecular complexity index is 1680. The molecule has 1 saturated heterocycles. The Hall–Kier alpha value is -5.09. The monoisotopic (exact) mass is 681 g/mol. The SMILES string of the molecule is CC/C(=C(\c1ccc(O)cc1)c1ccc(OCCN(C)C(=O)CCCOCCOc2cc(CC(=O)N3CCCC3)on2)cc1)c1ccccc1. The number of rotatable bonds is 18. The molecule has 4 aromatic rings. The lowest BCUT2D eigenvalue weighted by atomic mass is 9.88. The average molecular weight is 682 g/mol. The molecule has 1 fully saturated rings. The summed E-state index contributed by atoms with van der Waals surface area (Å²) in [6.07, 6.45) is 4.09. The third kappa shape index (κ3) is 10.5. The van der Waals surface area contributed by atoms with Gasteiger partial charge < -0.3 is 33.6 Å². The number of amides is 2. The molecular weight excluding hydrogens is 634 g/mol. The largest absolute Gasteiger partial charge is 0.508 e. The molecule has 264 valence electrons. The number of phenolic OH excluding ortho intramolecular Hbond substituents is 1. The summed E-state index contributed by atoms with van der Waals surface area (Å²) in [7, 11) is 1.78. The average Bonchev–Trinajstić information content (AvgIpc) is 3.84. The summed E-state index contributed by atoms with van der Waals surface area (Å²) < 4.78 is 22.4. The van der Waals surface area contributed by atoms with E-state index in [4.69, 9.17) is 18.7 Å². The number of phenols is 1. The standard InChI is InChI=1S/C40H47N3O7/c1-3-36(30-10-5-4-6-11-30)40(31-13-17-33(44)18-14-31)32-15-19-34(20-16-32)48-25-23-42(2)38(45)12-9-24-47-26-27-49-37-28-35(50-41-37)29-39(46)43-21-7-8-22-43/h4-6,10-11,13-20,28,44H,3,7-9,12,21-27,29H2,1-2H3/b40-36-. The zero-order valence-electron chi connectivity index (χ0n) is 29.0. The van der Waals surface area contributed by atoms with E-state index in [1.165, 1.54) is 5.57 Å². The van der Waals surface area contributed by atoms with E-state index in [9.17, 15) is 14.7 Å². The number of hydrogen-bond acceptors (Lipinski definition) is 8. The number of aromatic hydroxyl groups is 1. The molecule has 10 nitrogen and oxygen atoms in total. The maximum absolute atomic E-state index is 12.6. The summed E-state index contributed by atoms with van der Waals surface area (Å²) in [5.41, 5.74) is 5.56. The third-order valence-electron chi connectivity index (χ3n) is 8.68. The molecule has 1 aliphatic heterocycles. The Labute approximate surface area is 294 Å². The number of hydrogen-bond donors (Lipinski definition) is 1. The first kappa shape index (κ1) is 36.2. The van der Waals surface area contributed by atoms with Gasteiger partial charge in [-0.15, -0.1) is 0 Å².